The summed E-state index contributed by atoms with van der Waals surface area (Å²) in [6, 6.07) is 8.98. The highest BCUT2D eigenvalue weighted by molar-refractivity contribution is 7.98. The Morgan fingerprint density at radius 3 is 2.87 bits per heavy atom. The largest absolute Gasteiger partial charge is 0.462 e. The Morgan fingerprint density at radius 2 is 2.09 bits per heavy atom. The normalized spacial score (nSPS) is 10.8. The zero-order valence-corrected chi connectivity index (χ0v) is 13.5. The summed E-state index contributed by atoms with van der Waals surface area (Å²) in [5.41, 5.74) is 2.20. The van der Waals surface area contributed by atoms with Crippen molar-refractivity contribution < 1.29 is 9.53 Å². The van der Waals surface area contributed by atoms with Crippen molar-refractivity contribution in [2.75, 3.05) is 12.9 Å². The Labute approximate surface area is 137 Å². The fraction of sp³-hybridized carbons (Fsp3) is 0.250. The van der Waals surface area contributed by atoms with Crippen molar-refractivity contribution >= 4 is 28.8 Å². The van der Waals surface area contributed by atoms with Crippen LogP contribution < -0.4 is 0 Å². The van der Waals surface area contributed by atoms with Gasteiger partial charge in [-0.3, -0.25) is 4.68 Å². The number of hydrogen-bond donors (Lipinski definition) is 0. The van der Waals surface area contributed by atoms with Gasteiger partial charge in [-0.1, -0.05) is 18.2 Å². The van der Waals surface area contributed by atoms with E-state index in [1.165, 1.54) is 0 Å². The van der Waals surface area contributed by atoms with Crippen molar-refractivity contribution in [2.45, 2.75) is 18.0 Å². The molecule has 0 fully saturated rings. The van der Waals surface area contributed by atoms with E-state index < -0.39 is 0 Å². The lowest BCUT2D eigenvalue weighted by molar-refractivity contribution is 0.0495. The maximum Gasteiger partial charge on any atom is 0.338 e. The number of esters is 1. The van der Waals surface area contributed by atoms with Crippen LogP contribution in [0.4, 0.5) is 0 Å². The molecule has 0 saturated heterocycles. The number of aryl methyl sites for hydroxylation is 1. The van der Waals surface area contributed by atoms with E-state index in [9.17, 15) is 4.79 Å². The van der Waals surface area contributed by atoms with Crippen LogP contribution in [-0.4, -0.2) is 38.6 Å². The molecule has 0 saturated carbocycles. The van der Waals surface area contributed by atoms with Crippen LogP contribution in [0.3, 0.4) is 0 Å². The first-order valence-electron chi connectivity index (χ1n) is 7.22. The predicted molar refractivity (Wildman–Crippen MR) is 88.4 cm³/mol. The number of carbonyl (C=O) groups excluding carboxylic acids is 1. The van der Waals surface area contributed by atoms with Gasteiger partial charge in [0.05, 0.1) is 18.4 Å². The van der Waals surface area contributed by atoms with Gasteiger partial charge in [-0.2, -0.15) is 5.10 Å². The lowest BCUT2D eigenvalue weighted by atomic mass is 10.2. The topological polar surface area (TPSA) is 69.9 Å². The minimum absolute atomic E-state index is 0.299. The average Bonchev–Trinajstić information content (AvgIpc) is 3.02. The monoisotopic (exact) mass is 328 g/mol. The molecule has 3 aromatic rings. The first-order valence-corrected chi connectivity index (χ1v) is 8.45. The third-order valence-corrected chi connectivity index (χ3v) is 3.97. The van der Waals surface area contributed by atoms with Crippen LogP contribution in [0.15, 0.2) is 47.9 Å². The van der Waals surface area contributed by atoms with Crippen LogP contribution in [0.1, 0.15) is 16.8 Å². The molecule has 0 N–H and O–H groups in total. The lowest BCUT2D eigenvalue weighted by Crippen LogP contribution is -2.09. The third kappa shape index (κ3) is 3.68. The van der Waals surface area contributed by atoms with Crippen LogP contribution in [0.5, 0.6) is 0 Å². The molecule has 2 aromatic heterocycles. The molecule has 0 unspecified atom stereocenters. The molecule has 0 atom stereocenters. The van der Waals surface area contributed by atoms with Crippen LogP contribution >= 0.6 is 11.8 Å². The van der Waals surface area contributed by atoms with Gasteiger partial charge in [0.1, 0.15) is 22.4 Å². The van der Waals surface area contributed by atoms with E-state index >= 15 is 0 Å². The first kappa shape index (κ1) is 15.5. The molecule has 0 spiro atoms. The molecular formula is C16H16N4O2S. The number of aromatic nitrogens is 4. The summed E-state index contributed by atoms with van der Waals surface area (Å²) in [6.07, 6.45) is 6.08. The van der Waals surface area contributed by atoms with E-state index in [-0.39, 0.29) is 5.97 Å². The Morgan fingerprint density at radius 1 is 1.26 bits per heavy atom. The lowest BCUT2D eigenvalue weighted by Gasteiger charge is -2.04. The van der Waals surface area contributed by atoms with Gasteiger partial charge in [0.25, 0.3) is 0 Å². The molecule has 0 radical (unpaired) electrons. The quantitative estimate of drug-likeness (QED) is 0.300. The van der Waals surface area contributed by atoms with Crippen molar-refractivity contribution in [3.8, 4) is 0 Å². The van der Waals surface area contributed by atoms with E-state index in [0.717, 1.165) is 16.1 Å². The maximum atomic E-state index is 11.8. The number of ether oxygens (including phenoxy) is 1. The number of nitrogens with zero attached hydrogens (tertiary/aromatic N) is 4. The van der Waals surface area contributed by atoms with Gasteiger partial charge >= 0.3 is 5.97 Å². The summed E-state index contributed by atoms with van der Waals surface area (Å²) in [7, 11) is 0. The van der Waals surface area contributed by atoms with E-state index in [0.29, 0.717) is 25.1 Å². The maximum absolute atomic E-state index is 11.8. The summed E-state index contributed by atoms with van der Waals surface area (Å²) in [5.74, 6) is -0.299. The number of fused-ring (bicyclic) bond motifs is 1. The average molecular weight is 328 g/mol. The Balaban J connectivity index is 1.54. The molecule has 3 rings (SSSR count). The van der Waals surface area contributed by atoms with Gasteiger partial charge in [0.15, 0.2) is 0 Å². The summed E-state index contributed by atoms with van der Waals surface area (Å²) in [5, 5.41) is 5.35. The zero-order valence-electron chi connectivity index (χ0n) is 12.7. The van der Waals surface area contributed by atoms with Gasteiger partial charge in [-0.05, 0) is 18.4 Å². The summed E-state index contributed by atoms with van der Waals surface area (Å²) >= 11 is 1.55. The molecule has 0 aliphatic carbocycles. The molecular weight excluding hydrogens is 312 g/mol. The summed E-state index contributed by atoms with van der Waals surface area (Å²) in [6.45, 7) is 1.01. The van der Waals surface area contributed by atoms with Gasteiger partial charge in [0.2, 0.25) is 0 Å². The van der Waals surface area contributed by atoms with E-state index in [4.69, 9.17) is 4.74 Å². The second kappa shape index (κ2) is 7.23. The van der Waals surface area contributed by atoms with Crippen LogP contribution in [0, 0.1) is 0 Å². The number of hydrogen-bond acceptors (Lipinski definition) is 6. The number of benzene rings is 1. The number of rotatable bonds is 6. The molecule has 0 aliphatic heterocycles. The van der Waals surface area contributed by atoms with Crippen molar-refractivity contribution in [1.29, 1.82) is 0 Å². The van der Waals surface area contributed by atoms with Crippen LogP contribution in [-0.2, 0) is 11.3 Å². The SMILES string of the molecule is CSc1ncnc2cn(CCCOC(=O)c3ccccc3)nc12. The molecule has 2 heterocycles. The second-order valence-corrected chi connectivity index (χ2v) is 5.66. The van der Waals surface area contributed by atoms with E-state index in [2.05, 4.69) is 15.1 Å². The first-order chi connectivity index (χ1) is 11.3. The minimum atomic E-state index is -0.299. The highest BCUT2D eigenvalue weighted by Gasteiger charge is 2.08. The fourth-order valence-electron chi connectivity index (χ4n) is 2.18. The van der Waals surface area contributed by atoms with Crippen molar-refractivity contribution in [1.82, 2.24) is 19.7 Å². The smallest absolute Gasteiger partial charge is 0.338 e. The minimum Gasteiger partial charge on any atom is -0.462 e. The van der Waals surface area contributed by atoms with Gasteiger partial charge in [-0.15, -0.1) is 11.8 Å². The fourth-order valence-corrected chi connectivity index (χ4v) is 2.67. The number of carbonyl (C=O) groups is 1. The molecule has 6 nitrogen and oxygen atoms in total. The summed E-state index contributed by atoms with van der Waals surface area (Å²) in [4.78, 5) is 20.2. The van der Waals surface area contributed by atoms with Gasteiger partial charge < -0.3 is 4.74 Å². The van der Waals surface area contributed by atoms with Crippen molar-refractivity contribution in [3.05, 3.63) is 48.4 Å². The standard InChI is InChI=1S/C16H16N4O2S/c1-23-15-14-13(17-11-18-15)10-20(19-14)8-5-9-22-16(21)12-6-3-2-4-7-12/h2-4,6-7,10-11H,5,8-9H2,1H3. The van der Waals surface area contributed by atoms with Gasteiger partial charge in [0, 0.05) is 13.0 Å². The molecule has 118 valence electrons. The number of thioether (sulfide) groups is 1. The van der Waals surface area contributed by atoms with Crippen molar-refractivity contribution in [2.24, 2.45) is 0 Å². The Kier molecular flexibility index (Phi) is 4.87. The van der Waals surface area contributed by atoms with E-state index in [1.807, 2.05) is 35.3 Å². The molecule has 0 bridgehead atoms. The zero-order chi connectivity index (χ0) is 16.1. The highest BCUT2D eigenvalue weighted by atomic mass is 32.2. The molecule has 0 amide bonds. The molecule has 7 heteroatoms. The Hall–Kier alpha value is -2.41. The molecule has 0 aliphatic rings. The van der Waals surface area contributed by atoms with Crippen molar-refractivity contribution in [3.63, 3.8) is 0 Å². The third-order valence-electron chi connectivity index (χ3n) is 3.28. The molecule has 1 aromatic carbocycles. The van der Waals surface area contributed by atoms with Crippen LogP contribution in [0.25, 0.3) is 11.0 Å². The predicted octanol–water partition coefficient (Wildman–Crippen LogP) is 2.80. The van der Waals surface area contributed by atoms with Gasteiger partial charge in [-0.25, -0.2) is 14.8 Å². The van der Waals surface area contributed by atoms with E-state index in [1.54, 1.807) is 30.2 Å². The Bertz CT molecular complexity index is 804. The molecule has 23 heavy (non-hydrogen) atoms. The van der Waals surface area contributed by atoms with Crippen LogP contribution in [0.2, 0.25) is 0 Å². The second-order valence-electron chi connectivity index (χ2n) is 4.86. The summed E-state index contributed by atoms with van der Waals surface area (Å²) < 4.78 is 7.07. The highest BCUT2D eigenvalue weighted by Crippen LogP contribution is 2.20.